The van der Waals surface area contributed by atoms with E-state index >= 15 is 0 Å². The van der Waals surface area contributed by atoms with Crippen molar-refractivity contribution in [1.29, 1.82) is 0 Å². The molecule has 24 heavy (non-hydrogen) atoms. The van der Waals surface area contributed by atoms with Crippen LogP contribution in [0, 0.1) is 18.7 Å². The van der Waals surface area contributed by atoms with Crippen molar-refractivity contribution in [1.82, 2.24) is 14.8 Å². The summed E-state index contributed by atoms with van der Waals surface area (Å²) in [6.07, 6.45) is 0. The van der Waals surface area contributed by atoms with Crippen LogP contribution in [-0.4, -0.2) is 34.4 Å². The number of amides is 1. The topological polar surface area (TPSA) is 85.1 Å². The first-order valence-electron chi connectivity index (χ1n) is 7.46. The van der Waals surface area contributed by atoms with E-state index in [-0.39, 0.29) is 10.7 Å². The summed E-state index contributed by atoms with van der Waals surface area (Å²) in [7, 11) is 1.64. The maximum absolute atomic E-state index is 12.5. The van der Waals surface area contributed by atoms with Crippen LogP contribution in [0.5, 0.6) is 0 Å². The van der Waals surface area contributed by atoms with E-state index in [1.54, 1.807) is 25.3 Å². The third-order valence-corrected chi connectivity index (χ3v) is 4.00. The summed E-state index contributed by atoms with van der Waals surface area (Å²) >= 11 is 4.95. The van der Waals surface area contributed by atoms with E-state index in [1.165, 1.54) is 0 Å². The Kier molecular flexibility index (Phi) is 4.50. The molecule has 0 saturated carbocycles. The molecule has 8 heteroatoms. The van der Waals surface area contributed by atoms with Crippen LogP contribution < -0.4 is 5.32 Å². The van der Waals surface area contributed by atoms with E-state index in [4.69, 9.17) is 21.4 Å². The van der Waals surface area contributed by atoms with Gasteiger partial charge in [-0.05, 0) is 44.3 Å². The maximum atomic E-state index is 12.5. The highest BCUT2D eigenvalue weighted by Gasteiger charge is 2.16. The van der Waals surface area contributed by atoms with Gasteiger partial charge < -0.3 is 19.5 Å². The molecule has 0 aliphatic rings. The highest BCUT2D eigenvalue weighted by molar-refractivity contribution is 7.71. The molecule has 0 radical (unpaired) electrons. The minimum atomic E-state index is -0.225. The molecule has 126 valence electrons. The van der Waals surface area contributed by atoms with Crippen LogP contribution in [0.15, 0.2) is 22.6 Å². The summed E-state index contributed by atoms with van der Waals surface area (Å²) < 4.78 is 12.2. The van der Waals surface area contributed by atoms with E-state index in [0.29, 0.717) is 30.0 Å². The van der Waals surface area contributed by atoms with Crippen molar-refractivity contribution in [3.8, 4) is 0 Å². The molecule has 0 aliphatic carbocycles. The van der Waals surface area contributed by atoms with E-state index in [2.05, 4.69) is 15.4 Å². The number of ether oxygens (including phenoxy) is 1. The van der Waals surface area contributed by atoms with Crippen LogP contribution in [0.25, 0.3) is 11.1 Å². The molecule has 0 fully saturated rings. The molecule has 0 bridgehead atoms. The van der Waals surface area contributed by atoms with Crippen molar-refractivity contribution in [2.24, 2.45) is 0 Å². The monoisotopic (exact) mass is 346 g/mol. The van der Waals surface area contributed by atoms with Crippen LogP contribution in [0.3, 0.4) is 0 Å². The minimum absolute atomic E-state index is 0.225. The third-order valence-electron chi connectivity index (χ3n) is 3.81. The quantitative estimate of drug-likeness (QED) is 0.693. The largest absolute Gasteiger partial charge is 0.429 e. The van der Waals surface area contributed by atoms with Gasteiger partial charge in [-0.25, -0.2) is 0 Å². The molecule has 2 aromatic heterocycles. The minimum Gasteiger partial charge on any atom is -0.429 e. The number of aryl methyl sites for hydroxylation is 1. The van der Waals surface area contributed by atoms with E-state index < -0.39 is 0 Å². The number of rotatable bonds is 5. The number of methoxy groups -OCH3 is 1. The first-order valence-corrected chi connectivity index (χ1v) is 7.87. The van der Waals surface area contributed by atoms with Gasteiger partial charge in [0.05, 0.1) is 35.7 Å². The molecule has 7 nitrogen and oxygen atoms in total. The lowest BCUT2D eigenvalue weighted by Crippen LogP contribution is -2.13. The van der Waals surface area contributed by atoms with Gasteiger partial charge in [-0.15, -0.1) is 0 Å². The molecule has 1 aromatic carbocycles. The lowest BCUT2D eigenvalue weighted by molar-refractivity contribution is 0.102. The Balaban J connectivity index is 1.85. The Bertz CT molecular complexity index is 954. The number of nitrogens with zero attached hydrogens (tertiary/aromatic N) is 2. The fourth-order valence-electron chi connectivity index (χ4n) is 2.55. The average molecular weight is 346 g/mol. The predicted molar refractivity (Wildman–Crippen MR) is 92.9 cm³/mol. The molecule has 0 unspecified atom stereocenters. The second-order valence-electron chi connectivity index (χ2n) is 5.44. The Morgan fingerprint density at radius 3 is 3.00 bits per heavy atom. The van der Waals surface area contributed by atoms with Crippen LogP contribution in [-0.2, 0) is 11.3 Å². The lowest BCUT2D eigenvalue weighted by Gasteiger charge is -2.07. The van der Waals surface area contributed by atoms with Gasteiger partial charge >= 0.3 is 0 Å². The maximum Gasteiger partial charge on any atom is 0.266 e. The molecule has 2 heterocycles. The van der Waals surface area contributed by atoms with Crippen molar-refractivity contribution in [2.75, 3.05) is 19.0 Å². The second kappa shape index (κ2) is 6.58. The average Bonchev–Trinajstić information content (AvgIpc) is 3.05. The van der Waals surface area contributed by atoms with Gasteiger partial charge in [-0.3, -0.25) is 9.48 Å². The van der Waals surface area contributed by atoms with Gasteiger partial charge in [0.15, 0.2) is 5.58 Å². The molecular weight excluding hydrogens is 328 g/mol. The molecule has 0 saturated heterocycles. The molecule has 0 aliphatic heterocycles. The molecule has 3 rings (SSSR count). The number of anilines is 1. The zero-order valence-corrected chi connectivity index (χ0v) is 14.5. The van der Waals surface area contributed by atoms with E-state index in [0.717, 1.165) is 16.9 Å². The van der Waals surface area contributed by atoms with Crippen molar-refractivity contribution < 1.29 is 13.9 Å². The summed E-state index contributed by atoms with van der Waals surface area (Å²) in [5.41, 5.74) is 4.17. The summed E-state index contributed by atoms with van der Waals surface area (Å²) in [6.45, 7) is 4.97. The SMILES string of the molecule is COCCn1nc(C)c(NC(=O)c2ccc3[nH]c(=S)oc3c2)c1C. The number of aromatic nitrogens is 3. The number of fused-ring (bicyclic) bond motifs is 1. The van der Waals surface area contributed by atoms with Crippen LogP contribution in [0.4, 0.5) is 5.69 Å². The summed E-state index contributed by atoms with van der Waals surface area (Å²) in [4.78, 5) is 15.7. The first kappa shape index (κ1) is 16.4. The van der Waals surface area contributed by atoms with Gasteiger partial charge in [-0.2, -0.15) is 5.10 Å². The Morgan fingerprint density at radius 1 is 1.46 bits per heavy atom. The molecule has 2 N–H and O–H groups in total. The van der Waals surface area contributed by atoms with Gasteiger partial charge in [0.25, 0.3) is 10.7 Å². The first-order chi connectivity index (χ1) is 11.5. The van der Waals surface area contributed by atoms with E-state index in [1.807, 2.05) is 18.5 Å². The number of oxazole rings is 1. The normalized spacial score (nSPS) is 11.1. The molecule has 0 atom stereocenters. The van der Waals surface area contributed by atoms with Gasteiger partial charge in [0.1, 0.15) is 0 Å². The molecular formula is C16H18N4O3S. The number of benzene rings is 1. The summed E-state index contributed by atoms with van der Waals surface area (Å²) in [5.74, 6) is -0.225. The second-order valence-corrected chi connectivity index (χ2v) is 5.81. The van der Waals surface area contributed by atoms with Gasteiger partial charge in [0, 0.05) is 12.7 Å². The summed E-state index contributed by atoms with van der Waals surface area (Å²) in [5, 5.41) is 7.35. The zero-order chi connectivity index (χ0) is 17.3. The highest BCUT2D eigenvalue weighted by atomic mass is 32.1. The molecule has 0 spiro atoms. The lowest BCUT2D eigenvalue weighted by atomic mass is 10.2. The van der Waals surface area contributed by atoms with Gasteiger partial charge in [-0.1, -0.05) is 0 Å². The summed E-state index contributed by atoms with van der Waals surface area (Å²) in [6, 6.07) is 5.15. The predicted octanol–water partition coefficient (Wildman–Crippen LogP) is 3.20. The van der Waals surface area contributed by atoms with Gasteiger partial charge in [0.2, 0.25) is 0 Å². The fraction of sp³-hybridized carbons (Fsp3) is 0.312. The number of nitrogens with one attached hydrogen (secondary N) is 2. The zero-order valence-electron chi connectivity index (χ0n) is 13.7. The fourth-order valence-corrected chi connectivity index (χ4v) is 2.75. The van der Waals surface area contributed by atoms with Crippen molar-refractivity contribution in [3.05, 3.63) is 40.0 Å². The number of aromatic amines is 1. The third kappa shape index (κ3) is 3.10. The van der Waals surface area contributed by atoms with Crippen molar-refractivity contribution in [3.63, 3.8) is 0 Å². The van der Waals surface area contributed by atoms with Crippen LogP contribution in [0.2, 0.25) is 0 Å². The number of hydrogen-bond acceptors (Lipinski definition) is 5. The van der Waals surface area contributed by atoms with Crippen molar-refractivity contribution in [2.45, 2.75) is 20.4 Å². The number of H-pyrrole nitrogens is 1. The standard InChI is InChI=1S/C16H18N4O3S/c1-9-14(10(2)20(19-9)6-7-22-3)18-15(21)11-4-5-12-13(8-11)23-16(24)17-12/h4-5,8H,6-7H2,1-3H3,(H,17,24)(H,18,21). The molecule has 3 aromatic rings. The smallest absolute Gasteiger partial charge is 0.266 e. The van der Waals surface area contributed by atoms with E-state index in [9.17, 15) is 4.79 Å². The van der Waals surface area contributed by atoms with Crippen molar-refractivity contribution >= 4 is 34.9 Å². The highest BCUT2D eigenvalue weighted by Crippen LogP contribution is 2.21. The molecule has 1 amide bonds. The van der Waals surface area contributed by atoms with Crippen LogP contribution in [0.1, 0.15) is 21.7 Å². The Morgan fingerprint density at radius 2 is 2.25 bits per heavy atom. The number of hydrogen-bond donors (Lipinski definition) is 2. The number of carbonyl (C=O) groups is 1. The van der Waals surface area contributed by atoms with Crippen LogP contribution >= 0.6 is 12.2 Å². The Labute approximate surface area is 143 Å². The Hall–Kier alpha value is -2.45. The number of carbonyl (C=O) groups excluding carboxylic acids is 1.